The molecule has 0 aromatic carbocycles. The molecule has 1 atom stereocenters. The maximum absolute atomic E-state index is 11.5. The monoisotopic (exact) mass is 223 g/mol. The Kier molecular flexibility index (Phi) is 3.36. The first-order valence-corrected chi connectivity index (χ1v) is 6.04. The van der Waals surface area contributed by atoms with Crippen LogP contribution in [-0.2, 0) is 14.4 Å². The van der Waals surface area contributed by atoms with Gasteiger partial charge in [0.05, 0.1) is 0 Å². The number of likely N-dealkylation sites (tertiary alicyclic amines) is 1. The summed E-state index contributed by atoms with van der Waals surface area (Å²) < 4.78 is 0. The van der Waals surface area contributed by atoms with Crippen LogP contribution in [0, 0.1) is 5.92 Å². The number of carbonyl (C=O) groups is 3. The predicted octanol–water partition coefficient (Wildman–Crippen LogP) is 1.28. The quantitative estimate of drug-likeness (QED) is 0.677. The maximum atomic E-state index is 11.5. The SMILES string of the molecule is O=C1CCCC1CCN1C(=O)CCCC1=O. The van der Waals surface area contributed by atoms with Gasteiger partial charge in [0, 0.05) is 31.7 Å². The molecular formula is C12H17NO3. The highest BCUT2D eigenvalue weighted by Crippen LogP contribution is 2.25. The molecule has 1 unspecified atom stereocenters. The maximum Gasteiger partial charge on any atom is 0.229 e. The molecule has 2 aliphatic rings. The van der Waals surface area contributed by atoms with E-state index in [0.29, 0.717) is 44.4 Å². The summed E-state index contributed by atoms with van der Waals surface area (Å²) in [7, 11) is 0. The third-order valence-electron chi connectivity index (χ3n) is 3.52. The highest BCUT2D eigenvalue weighted by Gasteiger charge is 2.29. The Morgan fingerprint density at radius 2 is 1.69 bits per heavy atom. The van der Waals surface area contributed by atoms with E-state index in [2.05, 4.69) is 0 Å². The van der Waals surface area contributed by atoms with Crippen LogP contribution in [0.5, 0.6) is 0 Å². The molecule has 0 spiro atoms. The molecule has 16 heavy (non-hydrogen) atoms. The van der Waals surface area contributed by atoms with E-state index >= 15 is 0 Å². The minimum Gasteiger partial charge on any atom is -0.299 e. The van der Waals surface area contributed by atoms with Crippen molar-refractivity contribution in [2.75, 3.05) is 6.54 Å². The van der Waals surface area contributed by atoms with Crippen LogP contribution >= 0.6 is 0 Å². The Bertz CT molecular complexity index is 308. The van der Waals surface area contributed by atoms with E-state index in [1.165, 1.54) is 4.90 Å². The van der Waals surface area contributed by atoms with Crippen molar-refractivity contribution in [3.63, 3.8) is 0 Å². The third-order valence-corrected chi connectivity index (χ3v) is 3.52. The van der Waals surface area contributed by atoms with Crippen molar-refractivity contribution in [2.45, 2.75) is 44.9 Å². The molecular weight excluding hydrogens is 206 g/mol. The van der Waals surface area contributed by atoms with Gasteiger partial charge in [0.25, 0.3) is 0 Å². The molecule has 2 rings (SSSR count). The molecule has 4 nitrogen and oxygen atoms in total. The predicted molar refractivity (Wildman–Crippen MR) is 57.5 cm³/mol. The summed E-state index contributed by atoms with van der Waals surface area (Å²) >= 11 is 0. The van der Waals surface area contributed by atoms with E-state index in [-0.39, 0.29) is 17.7 Å². The average Bonchev–Trinajstić information content (AvgIpc) is 2.64. The molecule has 1 aliphatic heterocycles. The second-order valence-corrected chi connectivity index (χ2v) is 4.64. The lowest BCUT2D eigenvalue weighted by Gasteiger charge is -2.25. The van der Waals surface area contributed by atoms with Crippen molar-refractivity contribution in [3.05, 3.63) is 0 Å². The van der Waals surface area contributed by atoms with Crippen molar-refractivity contribution in [3.8, 4) is 0 Å². The van der Waals surface area contributed by atoms with E-state index in [1.54, 1.807) is 0 Å². The van der Waals surface area contributed by atoms with Gasteiger partial charge in [0.2, 0.25) is 11.8 Å². The summed E-state index contributed by atoms with van der Waals surface area (Å²) in [4.78, 5) is 35.8. The molecule has 1 saturated carbocycles. The van der Waals surface area contributed by atoms with E-state index in [4.69, 9.17) is 0 Å². The number of ketones is 1. The number of carbonyl (C=O) groups excluding carboxylic acids is 3. The van der Waals surface area contributed by atoms with Gasteiger partial charge in [-0.25, -0.2) is 0 Å². The van der Waals surface area contributed by atoms with Crippen LogP contribution in [0.15, 0.2) is 0 Å². The zero-order valence-electron chi connectivity index (χ0n) is 9.41. The van der Waals surface area contributed by atoms with Crippen LogP contribution in [0.3, 0.4) is 0 Å². The molecule has 1 saturated heterocycles. The van der Waals surface area contributed by atoms with Gasteiger partial charge in [0.1, 0.15) is 5.78 Å². The Hall–Kier alpha value is -1.19. The summed E-state index contributed by atoms with van der Waals surface area (Å²) in [5, 5.41) is 0. The van der Waals surface area contributed by atoms with Crippen molar-refractivity contribution >= 4 is 17.6 Å². The molecule has 88 valence electrons. The minimum atomic E-state index is -0.0679. The van der Waals surface area contributed by atoms with Crippen LogP contribution in [0.1, 0.15) is 44.9 Å². The molecule has 1 heterocycles. The normalized spacial score (nSPS) is 26.6. The number of amides is 2. The first-order valence-electron chi connectivity index (χ1n) is 6.04. The molecule has 0 bridgehead atoms. The molecule has 4 heteroatoms. The minimum absolute atomic E-state index is 0.0679. The van der Waals surface area contributed by atoms with Crippen molar-refractivity contribution in [2.24, 2.45) is 5.92 Å². The number of piperidine rings is 1. The molecule has 0 aromatic rings. The van der Waals surface area contributed by atoms with Gasteiger partial charge in [-0.3, -0.25) is 19.3 Å². The first kappa shape index (κ1) is 11.3. The number of hydrogen-bond donors (Lipinski definition) is 0. The van der Waals surface area contributed by atoms with Crippen molar-refractivity contribution in [1.29, 1.82) is 0 Å². The highest BCUT2D eigenvalue weighted by molar-refractivity contribution is 5.97. The van der Waals surface area contributed by atoms with Crippen LogP contribution < -0.4 is 0 Å². The van der Waals surface area contributed by atoms with Gasteiger partial charge in [-0.15, -0.1) is 0 Å². The van der Waals surface area contributed by atoms with E-state index in [0.717, 1.165) is 12.8 Å². The lowest BCUT2D eigenvalue weighted by atomic mass is 10.0. The van der Waals surface area contributed by atoms with Gasteiger partial charge in [0.15, 0.2) is 0 Å². The number of imide groups is 1. The van der Waals surface area contributed by atoms with Crippen molar-refractivity contribution < 1.29 is 14.4 Å². The van der Waals surface area contributed by atoms with Gasteiger partial charge in [-0.05, 0) is 25.7 Å². The fourth-order valence-corrected chi connectivity index (χ4v) is 2.53. The molecule has 0 aromatic heterocycles. The molecule has 0 radical (unpaired) electrons. The Balaban J connectivity index is 1.86. The molecule has 1 aliphatic carbocycles. The average molecular weight is 223 g/mol. The second-order valence-electron chi connectivity index (χ2n) is 4.64. The molecule has 2 fully saturated rings. The summed E-state index contributed by atoms with van der Waals surface area (Å²) in [6.45, 7) is 0.439. The Labute approximate surface area is 95.0 Å². The van der Waals surface area contributed by atoms with Gasteiger partial charge in [-0.2, -0.15) is 0 Å². The number of rotatable bonds is 3. The third kappa shape index (κ3) is 2.31. The second kappa shape index (κ2) is 4.76. The number of nitrogens with zero attached hydrogens (tertiary/aromatic N) is 1. The zero-order valence-corrected chi connectivity index (χ0v) is 9.41. The summed E-state index contributed by atoms with van der Waals surface area (Å²) in [5.74, 6) is 0.253. The summed E-state index contributed by atoms with van der Waals surface area (Å²) in [6, 6.07) is 0. The summed E-state index contributed by atoms with van der Waals surface area (Å²) in [5.41, 5.74) is 0. The lowest BCUT2D eigenvalue weighted by molar-refractivity contribution is -0.148. The lowest BCUT2D eigenvalue weighted by Crippen LogP contribution is -2.41. The van der Waals surface area contributed by atoms with E-state index in [1.807, 2.05) is 0 Å². The fourth-order valence-electron chi connectivity index (χ4n) is 2.53. The zero-order chi connectivity index (χ0) is 11.5. The van der Waals surface area contributed by atoms with Crippen molar-refractivity contribution in [1.82, 2.24) is 4.90 Å². The van der Waals surface area contributed by atoms with Crippen LogP contribution in [0.2, 0.25) is 0 Å². The van der Waals surface area contributed by atoms with Crippen LogP contribution in [-0.4, -0.2) is 29.0 Å². The topological polar surface area (TPSA) is 54.5 Å². The van der Waals surface area contributed by atoms with Gasteiger partial charge < -0.3 is 0 Å². The number of hydrogen-bond acceptors (Lipinski definition) is 3. The van der Waals surface area contributed by atoms with Crippen LogP contribution in [0.4, 0.5) is 0 Å². The Morgan fingerprint density at radius 3 is 2.25 bits per heavy atom. The molecule has 2 amide bonds. The summed E-state index contributed by atoms with van der Waals surface area (Å²) in [6.07, 6.45) is 4.86. The van der Waals surface area contributed by atoms with Crippen LogP contribution in [0.25, 0.3) is 0 Å². The van der Waals surface area contributed by atoms with E-state index < -0.39 is 0 Å². The number of Topliss-reactive ketones (excluding diaryl/α,β-unsaturated/α-hetero) is 1. The highest BCUT2D eigenvalue weighted by atomic mass is 16.2. The Morgan fingerprint density at radius 1 is 1.00 bits per heavy atom. The fraction of sp³-hybridized carbons (Fsp3) is 0.750. The van der Waals surface area contributed by atoms with Gasteiger partial charge >= 0.3 is 0 Å². The first-order chi connectivity index (χ1) is 7.68. The standard InChI is InChI=1S/C12H17NO3/c14-10-4-1-3-9(10)7-8-13-11(15)5-2-6-12(13)16/h9H,1-8H2. The smallest absolute Gasteiger partial charge is 0.229 e. The largest absolute Gasteiger partial charge is 0.299 e. The van der Waals surface area contributed by atoms with E-state index in [9.17, 15) is 14.4 Å². The molecule has 0 N–H and O–H groups in total. The van der Waals surface area contributed by atoms with Gasteiger partial charge in [-0.1, -0.05) is 0 Å².